The van der Waals surface area contributed by atoms with Crippen LogP contribution in [0.15, 0.2) is 52.0 Å². The Balaban J connectivity index is 1.93. The molecule has 2 aromatic rings. The molecule has 136 valence electrons. The van der Waals surface area contributed by atoms with E-state index in [0.717, 1.165) is 10.0 Å². The summed E-state index contributed by atoms with van der Waals surface area (Å²) in [5.74, 6) is 0.0160. The summed E-state index contributed by atoms with van der Waals surface area (Å²) >= 11 is 3.35. The highest BCUT2D eigenvalue weighted by molar-refractivity contribution is 9.10. The smallest absolute Gasteiger partial charge is 0.255 e. The Kier molecular flexibility index (Phi) is 7.16. The lowest BCUT2D eigenvalue weighted by atomic mass is 10.1. The minimum atomic E-state index is -0.578. The Morgan fingerprint density at radius 2 is 1.92 bits per heavy atom. The third-order valence-corrected chi connectivity index (χ3v) is 3.77. The predicted octanol–water partition coefficient (Wildman–Crippen LogP) is 2.01. The number of methoxy groups -OCH3 is 1. The van der Waals surface area contributed by atoms with E-state index in [1.165, 1.54) is 13.3 Å². The number of halogens is 1. The van der Waals surface area contributed by atoms with E-state index in [-0.39, 0.29) is 18.9 Å². The molecule has 0 saturated carbocycles. The van der Waals surface area contributed by atoms with Crippen LogP contribution in [-0.2, 0) is 16.0 Å². The molecule has 0 fully saturated rings. The summed E-state index contributed by atoms with van der Waals surface area (Å²) in [6.45, 7) is -0.240. The van der Waals surface area contributed by atoms with Gasteiger partial charge in [0.15, 0.2) is 18.1 Å². The van der Waals surface area contributed by atoms with Gasteiger partial charge in [-0.2, -0.15) is 5.10 Å². The van der Waals surface area contributed by atoms with Crippen molar-refractivity contribution in [3.05, 3.63) is 58.1 Å². The molecule has 2 aromatic carbocycles. The van der Waals surface area contributed by atoms with Gasteiger partial charge < -0.3 is 15.2 Å². The lowest BCUT2D eigenvalue weighted by Crippen LogP contribution is -2.20. The lowest BCUT2D eigenvalue weighted by Gasteiger charge is -2.09. The SMILES string of the molecule is COc1cc(/C=N\NC(=O)Cc2ccc(Br)cc2)ccc1OCC(N)=O. The summed E-state index contributed by atoms with van der Waals surface area (Å²) in [6.07, 6.45) is 1.72. The fourth-order valence-corrected chi connectivity index (χ4v) is 2.30. The highest BCUT2D eigenvalue weighted by Gasteiger charge is 2.07. The first-order valence-corrected chi connectivity index (χ1v) is 8.42. The maximum atomic E-state index is 11.9. The number of nitrogens with two attached hydrogens (primary N) is 1. The second-order valence-electron chi connectivity index (χ2n) is 5.26. The summed E-state index contributed by atoms with van der Waals surface area (Å²) in [5, 5.41) is 3.93. The Bertz CT molecular complexity index is 807. The third-order valence-electron chi connectivity index (χ3n) is 3.24. The second kappa shape index (κ2) is 9.57. The summed E-state index contributed by atoms with van der Waals surface area (Å²) in [5.41, 5.74) is 9.10. The van der Waals surface area contributed by atoms with Gasteiger partial charge in [-0.3, -0.25) is 9.59 Å². The van der Waals surface area contributed by atoms with Gasteiger partial charge in [-0.25, -0.2) is 5.43 Å². The molecule has 0 bridgehead atoms. The van der Waals surface area contributed by atoms with Crippen LogP contribution in [0.25, 0.3) is 0 Å². The Morgan fingerprint density at radius 3 is 2.58 bits per heavy atom. The van der Waals surface area contributed by atoms with E-state index in [1.54, 1.807) is 18.2 Å². The van der Waals surface area contributed by atoms with E-state index in [0.29, 0.717) is 17.1 Å². The predicted molar refractivity (Wildman–Crippen MR) is 101 cm³/mol. The van der Waals surface area contributed by atoms with Crippen molar-refractivity contribution in [1.29, 1.82) is 0 Å². The number of carbonyl (C=O) groups excluding carboxylic acids is 2. The van der Waals surface area contributed by atoms with Crippen molar-refractivity contribution in [2.45, 2.75) is 6.42 Å². The van der Waals surface area contributed by atoms with Crippen molar-refractivity contribution in [2.24, 2.45) is 10.8 Å². The standard InChI is InChI=1S/C18H18BrN3O4/c1-25-16-8-13(4-7-15(16)26-11-17(20)23)10-21-22-18(24)9-12-2-5-14(19)6-3-12/h2-8,10H,9,11H2,1H3,(H2,20,23)(H,22,24)/b21-10-. The van der Waals surface area contributed by atoms with Gasteiger partial charge in [0.05, 0.1) is 19.7 Å². The molecule has 8 heteroatoms. The number of benzene rings is 2. The molecule has 0 aliphatic heterocycles. The molecule has 2 rings (SSSR count). The molecule has 0 aliphatic carbocycles. The second-order valence-corrected chi connectivity index (χ2v) is 6.18. The number of ether oxygens (including phenoxy) is 2. The first kappa shape index (κ1) is 19.5. The Labute approximate surface area is 159 Å². The number of hydrogen-bond acceptors (Lipinski definition) is 5. The molecule has 0 radical (unpaired) electrons. The van der Waals surface area contributed by atoms with Crippen LogP contribution in [0.5, 0.6) is 11.5 Å². The number of nitrogens with zero attached hydrogens (tertiary/aromatic N) is 1. The molecule has 0 spiro atoms. The van der Waals surface area contributed by atoms with Crippen LogP contribution in [0.1, 0.15) is 11.1 Å². The van der Waals surface area contributed by atoms with Gasteiger partial charge in [-0.1, -0.05) is 28.1 Å². The molecule has 0 aliphatic rings. The molecule has 0 atom stereocenters. The van der Waals surface area contributed by atoms with Gasteiger partial charge >= 0.3 is 0 Å². The minimum Gasteiger partial charge on any atom is -0.493 e. The zero-order valence-electron chi connectivity index (χ0n) is 14.1. The van der Waals surface area contributed by atoms with E-state index in [2.05, 4.69) is 26.5 Å². The van der Waals surface area contributed by atoms with E-state index in [1.807, 2.05) is 24.3 Å². The zero-order valence-corrected chi connectivity index (χ0v) is 15.7. The third kappa shape index (κ3) is 6.21. The van der Waals surface area contributed by atoms with Crippen LogP contribution >= 0.6 is 15.9 Å². The molecular formula is C18H18BrN3O4. The van der Waals surface area contributed by atoms with Gasteiger partial charge in [0.2, 0.25) is 5.91 Å². The van der Waals surface area contributed by atoms with Crippen molar-refractivity contribution in [3.8, 4) is 11.5 Å². The molecule has 0 heterocycles. The fourth-order valence-electron chi connectivity index (χ4n) is 2.04. The van der Waals surface area contributed by atoms with Crippen molar-refractivity contribution in [1.82, 2.24) is 5.43 Å². The zero-order chi connectivity index (χ0) is 18.9. The van der Waals surface area contributed by atoms with E-state index in [9.17, 15) is 9.59 Å². The monoisotopic (exact) mass is 419 g/mol. The van der Waals surface area contributed by atoms with Crippen molar-refractivity contribution < 1.29 is 19.1 Å². The highest BCUT2D eigenvalue weighted by Crippen LogP contribution is 2.27. The van der Waals surface area contributed by atoms with Gasteiger partial charge in [0.1, 0.15) is 0 Å². The van der Waals surface area contributed by atoms with Crippen molar-refractivity contribution in [2.75, 3.05) is 13.7 Å². The number of hydrazone groups is 1. The number of amides is 2. The summed E-state index contributed by atoms with van der Waals surface area (Å²) in [6, 6.07) is 12.5. The van der Waals surface area contributed by atoms with Gasteiger partial charge in [-0.15, -0.1) is 0 Å². The summed E-state index contributed by atoms with van der Waals surface area (Å²) < 4.78 is 11.4. The average molecular weight is 420 g/mol. The minimum absolute atomic E-state index is 0.225. The Hall–Kier alpha value is -2.87. The number of hydrogen-bond donors (Lipinski definition) is 2. The van der Waals surface area contributed by atoms with Crippen molar-refractivity contribution in [3.63, 3.8) is 0 Å². The molecule has 0 unspecified atom stereocenters. The van der Waals surface area contributed by atoms with Gasteiger partial charge in [0, 0.05) is 4.47 Å². The van der Waals surface area contributed by atoms with Crippen LogP contribution in [0.2, 0.25) is 0 Å². The topological polar surface area (TPSA) is 103 Å². The average Bonchev–Trinajstić information content (AvgIpc) is 2.62. The molecular weight excluding hydrogens is 402 g/mol. The van der Waals surface area contributed by atoms with E-state index in [4.69, 9.17) is 15.2 Å². The molecule has 0 saturated heterocycles. The fraction of sp³-hybridized carbons (Fsp3) is 0.167. The van der Waals surface area contributed by atoms with E-state index < -0.39 is 5.91 Å². The molecule has 3 N–H and O–H groups in total. The maximum absolute atomic E-state index is 11.9. The van der Waals surface area contributed by atoms with Crippen molar-refractivity contribution >= 4 is 34.0 Å². The van der Waals surface area contributed by atoms with Crippen LogP contribution in [-0.4, -0.2) is 31.7 Å². The quantitative estimate of drug-likeness (QED) is 0.504. The van der Waals surface area contributed by atoms with Crippen LogP contribution in [0, 0.1) is 0 Å². The molecule has 0 aromatic heterocycles. The highest BCUT2D eigenvalue weighted by atomic mass is 79.9. The molecule has 2 amide bonds. The summed E-state index contributed by atoms with van der Waals surface area (Å²) in [4.78, 5) is 22.7. The first-order valence-electron chi connectivity index (χ1n) is 7.63. The van der Waals surface area contributed by atoms with Gasteiger partial charge in [-0.05, 0) is 41.5 Å². The maximum Gasteiger partial charge on any atom is 0.255 e. The Morgan fingerprint density at radius 1 is 1.19 bits per heavy atom. The van der Waals surface area contributed by atoms with Crippen LogP contribution in [0.3, 0.4) is 0 Å². The number of rotatable bonds is 8. The normalized spacial score (nSPS) is 10.5. The number of carbonyl (C=O) groups is 2. The lowest BCUT2D eigenvalue weighted by molar-refractivity contribution is -0.121. The molecule has 7 nitrogen and oxygen atoms in total. The summed E-state index contributed by atoms with van der Waals surface area (Å²) in [7, 11) is 1.48. The van der Waals surface area contributed by atoms with Crippen LogP contribution < -0.4 is 20.6 Å². The van der Waals surface area contributed by atoms with Gasteiger partial charge in [0.25, 0.3) is 5.91 Å². The number of nitrogens with one attached hydrogen (secondary N) is 1. The number of primary amides is 1. The molecule has 26 heavy (non-hydrogen) atoms. The van der Waals surface area contributed by atoms with E-state index >= 15 is 0 Å². The van der Waals surface area contributed by atoms with Crippen LogP contribution in [0.4, 0.5) is 0 Å². The first-order chi connectivity index (χ1) is 12.5. The largest absolute Gasteiger partial charge is 0.493 e.